The van der Waals surface area contributed by atoms with E-state index in [4.69, 9.17) is 5.11 Å². The molecule has 1 N–H and O–H groups in total. The number of carbonyl (C=O) groups is 1. The highest BCUT2D eigenvalue weighted by molar-refractivity contribution is 7.07. The summed E-state index contributed by atoms with van der Waals surface area (Å²) in [4.78, 5) is 17.5. The van der Waals surface area contributed by atoms with E-state index < -0.39 is 6.09 Å². The van der Waals surface area contributed by atoms with Crippen molar-refractivity contribution in [3.8, 4) is 0 Å². The smallest absolute Gasteiger partial charge is 0.407 e. The fourth-order valence-electron chi connectivity index (χ4n) is 2.32. The van der Waals surface area contributed by atoms with E-state index >= 15 is 0 Å². The average molecular weight is 255 g/mol. The normalized spacial score (nSPS) is 18.7. The molecule has 0 unspecified atom stereocenters. The van der Waals surface area contributed by atoms with Gasteiger partial charge in [0.25, 0.3) is 0 Å². The van der Waals surface area contributed by atoms with Gasteiger partial charge in [-0.1, -0.05) is 0 Å². The summed E-state index contributed by atoms with van der Waals surface area (Å²) in [6.07, 6.45) is 1.00. The quantitative estimate of drug-likeness (QED) is 0.826. The number of piperidine rings is 1. The van der Waals surface area contributed by atoms with Gasteiger partial charge >= 0.3 is 6.09 Å². The highest BCUT2D eigenvalue weighted by atomic mass is 32.1. The van der Waals surface area contributed by atoms with Crippen LogP contribution in [0, 0.1) is 0 Å². The predicted octanol–water partition coefficient (Wildman–Crippen LogP) is 1.47. The number of hydrogen-bond donors (Lipinski definition) is 1. The van der Waals surface area contributed by atoms with Crippen molar-refractivity contribution < 1.29 is 9.90 Å². The summed E-state index contributed by atoms with van der Waals surface area (Å²) in [6, 6.07) is 0. The fraction of sp³-hybridized carbons (Fsp3) is 0.636. The number of carboxylic acid groups (broad SMARTS) is 1. The number of likely N-dealkylation sites (tertiary alicyclic amines) is 1. The molecule has 1 fully saturated rings. The van der Waals surface area contributed by atoms with E-state index in [0.717, 1.165) is 17.6 Å². The molecule has 0 atom stereocenters. The SMILES string of the molecule is CN=c1scc(C2CCN(C(=O)O)CC2)n1C. The molecule has 1 aliphatic rings. The molecule has 0 bridgehead atoms. The monoisotopic (exact) mass is 255 g/mol. The highest BCUT2D eigenvalue weighted by Crippen LogP contribution is 2.27. The second-order valence-corrected chi connectivity index (χ2v) is 5.11. The first-order chi connectivity index (χ1) is 8.13. The van der Waals surface area contributed by atoms with E-state index in [9.17, 15) is 4.79 Å². The van der Waals surface area contributed by atoms with Crippen molar-refractivity contribution in [2.75, 3.05) is 20.1 Å². The van der Waals surface area contributed by atoms with Crippen molar-refractivity contribution in [2.45, 2.75) is 18.8 Å². The van der Waals surface area contributed by atoms with Gasteiger partial charge in [0.05, 0.1) is 0 Å². The lowest BCUT2D eigenvalue weighted by molar-refractivity contribution is 0.131. The summed E-state index contributed by atoms with van der Waals surface area (Å²) in [5, 5.41) is 11.0. The van der Waals surface area contributed by atoms with Crippen LogP contribution < -0.4 is 4.80 Å². The molecule has 0 aromatic carbocycles. The largest absolute Gasteiger partial charge is 0.465 e. The molecule has 2 rings (SSSR count). The summed E-state index contributed by atoms with van der Waals surface area (Å²) in [7, 11) is 3.82. The maximum Gasteiger partial charge on any atom is 0.407 e. The summed E-state index contributed by atoms with van der Waals surface area (Å²) < 4.78 is 2.12. The number of thiazole rings is 1. The van der Waals surface area contributed by atoms with Crippen LogP contribution in [0.3, 0.4) is 0 Å². The summed E-state index contributed by atoms with van der Waals surface area (Å²) in [6.45, 7) is 1.27. The van der Waals surface area contributed by atoms with Crippen LogP contribution >= 0.6 is 11.3 Å². The van der Waals surface area contributed by atoms with Crippen molar-refractivity contribution in [1.29, 1.82) is 0 Å². The third kappa shape index (κ3) is 2.36. The first-order valence-electron chi connectivity index (χ1n) is 5.68. The second kappa shape index (κ2) is 4.91. The average Bonchev–Trinajstić information content (AvgIpc) is 2.70. The molecule has 1 saturated heterocycles. The summed E-state index contributed by atoms with van der Waals surface area (Å²) in [5.74, 6) is 0.461. The Bertz CT molecular complexity index is 469. The van der Waals surface area contributed by atoms with Crippen LogP contribution in [-0.2, 0) is 7.05 Å². The number of hydrogen-bond acceptors (Lipinski definition) is 3. The second-order valence-electron chi connectivity index (χ2n) is 4.27. The topological polar surface area (TPSA) is 57.8 Å². The van der Waals surface area contributed by atoms with Crippen molar-refractivity contribution in [3.63, 3.8) is 0 Å². The summed E-state index contributed by atoms with van der Waals surface area (Å²) >= 11 is 1.64. The maximum atomic E-state index is 10.8. The third-order valence-corrected chi connectivity index (χ3v) is 4.36. The summed E-state index contributed by atoms with van der Waals surface area (Å²) in [5.41, 5.74) is 1.28. The molecule has 0 radical (unpaired) electrons. The maximum absolute atomic E-state index is 10.8. The van der Waals surface area contributed by atoms with Gasteiger partial charge in [-0.15, -0.1) is 11.3 Å². The molecule has 0 spiro atoms. The van der Waals surface area contributed by atoms with Crippen molar-refractivity contribution >= 4 is 17.4 Å². The van der Waals surface area contributed by atoms with Crippen LogP contribution in [0.1, 0.15) is 24.5 Å². The van der Waals surface area contributed by atoms with Crippen LogP contribution in [0.4, 0.5) is 4.79 Å². The Morgan fingerprint density at radius 2 is 2.18 bits per heavy atom. The van der Waals surface area contributed by atoms with E-state index in [-0.39, 0.29) is 0 Å². The van der Waals surface area contributed by atoms with Crippen molar-refractivity contribution in [1.82, 2.24) is 9.47 Å². The lowest BCUT2D eigenvalue weighted by Gasteiger charge is -2.30. The molecule has 1 aromatic rings. The van der Waals surface area contributed by atoms with Crippen molar-refractivity contribution in [2.24, 2.45) is 12.0 Å². The lowest BCUT2D eigenvalue weighted by Crippen LogP contribution is -2.37. The Hall–Kier alpha value is -1.30. The van der Waals surface area contributed by atoms with Gasteiger partial charge in [-0.25, -0.2) is 4.79 Å². The van der Waals surface area contributed by atoms with Gasteiger partial charge in [0, 0.05) is 44.2 Å². The Kier molecular flexibility index (Phi) is 3.51. The first-order valence-corrected chi connectivity index (χ1v) is 6.56. The van der Waals surface area contributed by atoms with E-state index in [1.807, 2.05) is 7.05 Å². The molecule has 1 aliphatic heterocycles. The minimum atomic E-state index is -0.803. The standard InChI is InChI=1S/C11H17N3O2S/c1-12-10-13(2)9(7-17-10)8-3-5-14(6-4-8)11(15)16/h7-8H,3-6H2,1-2H3,(H,15,16). The Morgan fingerprint density at radius 1 is 1.53 bits per heavy atom. The molecule has 5 nitrogen and oxygen atoms in total. The molecule has 0 aliphatic carbocycles. The van der Waals surface area contributed by atoms with E-state index in [1.54, 1.807) is 18.4 Å². The Morgan fingerprint density at radius 3 is 2.65 bits per heavy atom. The van der Waals surface area contributed by atoms with Crippen LogP contribution in [0.2, 0.25) is 0 Å². The first kappa shape index (κ1) is 12.2. The van der Waals surface area contributed by atoms with Crippen LogP contribution in [0.25, 0.3) is 0 Å². The van der Waals surface area contributed by atoms with Gasteiger partial charge in [-0.2, -0.15) is 0 Å². The van der Waals surface area contributed by atoms with Crippen LogP contribution in [0.15, 0.2) is 10.4 Å². The van der Waals surface area contributed by atoms with Crippen LogP contribution in [-0.4, -0.2) is 40.8 Å². The van der Waals surface area contributed by atoms with Gasteiger partial charge < -0.3 is 14.6 Å². The molecular formula is C11H17N3O2S. The molecule has 1 aromatic heterocycles. The van der Waals surface area contributed by atoms with E-state index in [2.05, 4.69) is 14.9 Å². The Labute approximate surface area is 104 Å². The number of amides is 1. The molecular weight excluding hydrogens is 238 g/mol. The lowest BCUT2D eigenvalue weighted by atomic mass is 9.94. The van der Waals surface area contributed by atoms with Gasteiger partial charge in [0.15, 0.2) is 4.80 Å². The third-order valence-electron chi connectivity index (χ3n) is 3.33. The van der Waals surface area contributed by atoms with E-state index in [1.165, 1.54) is 10.6 Å². The van der Waals surface area contributed by atoms with Gasteiger partial charge in [0.1, 0.15) is 0 Å². The number of nitrogens with zero attached hydrogens (tertiary/aromatic N) is 3. The van der Waals surface area contributed by atoms with Crippen LogP contribution in [0.5, 0.6) is 0 Å². The highest BCUT2D eigenvalue weighted by Gasteiger charge is 2.25. The fourth-order valence-corrected chi connectivity index (χ4v) is 3.27. The molecule has 2 heterocycles. The number of aromatic nitrogens is 1. The molecule has 0 saturated carbocycles. The zero-order valence-corrected chi connectivity index (χ0v) is 10.9. The molecule has 6 heteroatoms. The van der Waals surface area contributed by atoms with E-state index in [0.29, 0.717) is 19.0 Å². The van der Waals surface area contributed by atoms with Crippen molar-refractivity contribution in [3.05, 3.63) is 15.9 Å². The Balaban J connectivity index is 2.10. The molecule has 1 amide bonds. The van der Waals surface area contributed by atoms with Gasteiger partial charge in [-0.3, -0.25) is 4.99 Å². The van der Waals surface area contributed by atoms with Gasteiger partial charge in [0.2, 0.25) is 0 Å². The predicted molar refractivity (Wildman–Crippen MR) is 66.3 cm³/mol. The zero-order valence-electron chi connectivity index (χ0n) is 10.1. The molecule has 17 heavy (non-hydrogen) atoms. The van der Waals surface area contributed by atoms with Gasteiger partial charge in [-0.05, 0) is 12.8 Å². The minimum Gasteiger partial charge on any atom is -0.465 e. The number of rotatable bonds is 1. The zero-order chi connectivity index (χ0) is 12.4. The minimum absolute atomic E-state index is 0.461. The molecule has 94 valence electrons.